The lowest BCUT2D eigenvalue weighted by Gasteiger charge is -2.42. The molecule has 1 unspecified atom stereocenters. The molecule has 1 aromatic heterocycles. The molecule has 6 nitrogen and oxygen atoms in total. The van der Waals surface area contributed by atoms with Crippen LogP contribution in [-0.2, 0) is 7.05 Å². The van der Waals surface area contributed by atoms with Gasteiger partial charge in [0.1, 0.15) is 11.4 Å². The average Bonchev–Trinajstić information content (AvgIpc) is 3.10. The highest BCUT2D eigenvalue weighted by atomic mass is 16.5. The quantitative estimate of drug-likeness (QED) is 0.800. The second kappa shape index (κ2) is 6.92. The number of ether oxygens (including phenoxy) is 1. The van der Waals surface area contributed by atoms with Crippen LogP contribution in [0.4, 0.5) is 5.95 Å². The standard InChI is InChI=1S/C22H29N5O/c1-25-14-6-5-8-18(25)20-23-24-21(26(20)2)27-15-12-22(13-16-27)11-10-17-7-3-4-9-19(17)28-22/h3-4,7,9-11,18H,5-6,8,12-16H2,1-2H3. The monoisotopic (exact) mass is 379 g/mol. The molecule has 0 aliphatic carbocycles. The molecule has 3 aliphatic rings. The number of nitrogens with zero attached hydrogens (tertiary/aromatic N) is 5. The molecule has 1 atom stereocenters. The molecule has 0 N–H and O–H groups in total. The van der Waals surface area contributed by atoms with Crippen LogP contribution in [0.25, 0.3) is 6.08 Å². The van der Waals surface area contributed by atoms with E-state index >= 15 is 0 Å². The van der Waals surface area contributed by atoms with Crippen molar-refractivity contribution in [1.29, 1.82) is 0 Å². The Kier molecular flexibility index (Phi) is 4.38. The molecule has 1 spiro atoms. The van der Waals surface area contributed by atoms with E-state index in [0.717, 1.165) is 50.0 Å². The van der Waals surface area contributed by atoms with Crippen LogP contribution in [-0.4, -0.2) is 51.9 Å². The summed E-state index contributed by atoms with van der Waals surface area (Å²) in [6.45, 7) is 3.00. The van der Waals surface area contributed by atoms with Crippen LogP contribution in [0.5, 0.6) is 5.75 Å². The molecule has 2 saturated heterocycles. The minimum atomic E-state index is -0.185. The third-order valence-corrected chi connectivity index (χ3v) is 6.65. The van der Waals surface area contributed by atoms with Gasteiger partial charge in [0.25, 0.3) is 0 Å². The summed E-state index contributed by atoms with van der Waals surface area (Å²) < 4.78 is 8.63. The fourth-order valence-corrected chi connectivity index (χ4v) is 4.86. The summed E-state index contributed by atoms with van der Waals surface area (Å²) in [5.41, 5.74) is 0.987. The van der Waals surface area contributed by atoms with E-state index in [1.54, 1.807) is 0 Å². The average molecular weight is 380 g/mol. The van der Waals surface area contributed by atoms with Crippen molar-refractivity contribution in [3.05, 3.63) is 41.7 Å². The van der Waals surface area contributed by atoms with E-state index in [4.69, 9.17) is 4.74 Å². The zero-order valence-electron chi connectivity index (χ0n) is 16.8. The number of rotatable bonds is 2. The van der Waals surface area contributed by atoms with Crippen LogP contribution >= 0.6 is 0 Å². The normalized spacial score (nSPS) is 24.2. The van der Waals surface area contributed by atoms with Gasteiger partial charge in [-0.15, -0.1) is 10.2 Å². The highest BCUT2D eigenvalue weighted by molar-refractivity contribution is 5.61. The van der Waals surface area contributed by atoms with E-state index in [9.17, 15) is 0 Å². The highest BCUT2D eigenvalue weighted by Gasteiger charge is 2.38. The Morgan fingerprint density at radius 1 is 1.04 bits per heavy atom. The first-order valence-corrected chi connectivity index (χ1v) is 10.5. The summed E-state index contributed by atoms with van der Waals surface area (Å²) >= 11 is 0. The number of hydrogen-bond acceptors (Lipinski definition) is 5. The first-order valence-electron chi connectivity index (χ1n) is 10.5. The number of fused-ring (bicyclic) bond motifs is 1. The van der Waals surface area contributed by atoms with E-state index in [-0.39, 0.29) is 5.60 Å². The largest absolute Gasteiger partial charge is 0.482 e. The maximum Gasteiger partial charge on any atom is 0.227 e. The Morgan fingerprint density at radius 3 is 2.68 bits per heavy atom. The molecule has 2 fully saturated rings. The number of aromatic nitrogens is 3. The smallest absolute Gasteiger partial charge is 0.227 e. The van der Waals surface area contributed by atoms with Gasteiger partial charge >= 0.3 is 0 Å². The van der Waals surface area contributed by atoms with Crippen molar-refractivity contribution in [1.82, 2.24) is 19.7 Å². The summed E-state index contributed by atoms with van der Waals surface area (Å²) in [7, 11) is 4.32. The van der Waals surface area contributed by atoms with Crippen LogP contribution < -0.4 is 9.64 Å². The van der Waals surface area contributed by atoms with E-state index in [1.807, 2.05) is 6.07 Å². The molecule has 28 heavy (non-hydrogen) atoms. The molecular weight excluding hydrogens is 350 g/mol. The van der Waals surface area contributed by atoms with Crippen molar-refractivity contribution in [2.45, 2.75) is 43.7 Å². The van der Waals surface area contributed by atoms with Gasteiger partial charge in [0.2, 0.25) is 5.95 Å². The fraction of sp³-hybridized carbons (Fsp3) is 0.545. The van der Waals surface area contributed by atoms with Gasteiger partial charge in [-0.25, -0.2) is 0 Å². The Bertz CT molecular complexity index is 881. The van der Waals surface area contributed by atoms with Crippen LogP contribution in [0.3, 0.4) is 0 Å². The first-order chi connectivity index (χ1) is 13.7. The van der Waals surface area contributed by atoms with Crippen LogP contribution in [0.1, 0.15) is 49.5 Å². The lowest BCUT2D eigenvalue weighted by molar-refractivity contribution is 0.0888. The van der Waals surface area contributed by atoms with Crippen molar-refractivity contribution >= 4 is 12.0 Å². The van der Waals surface area contributed by atoms with Gasteiger partial charge in [0.15, 0.2) is 5.82 Å². The zero-order valence-corrected chi connectivity index (χ0v) is 16.8. The fourth-order valence-electron chi connectivity index (χ4n) is 4.86. The number of likely N-dealkylation sites (tertiary alicyclic amines) is 1. The third kappa shape index (κ3) is 3.00. The Morgan fingerprint density at radius 2 is 1.86 bits per heavy atom. The molecule has 0 radical (unpaired) electrons. The van der Waals surface area contributed by atoms with Gasteiger partial charge in [-0.1, -0.05) is 30.7 Å². The SMILES string of the molecule is CN1CCCCC1c1nnc(N2CCC3(C=Cc4ccccc4O3)CC2)n1C. The molecule has 0 amide bonds. The molecule has 6 heteroatoms. The van der Waals surface area contributed by atoms with Gasteiger partial charge in [-0.3, -0.25) is 9.47 Å². The van der Waals surface area contributed by atoms with E-state index in [1.165, 1.54) is 24.8 Å². The number of hydrogen-bond donors (Lipinski definition) is 0. The highest BCUT2D eigenvalue weighted by Crippen LogP contribution is 2.38. The molecule has 3 aliphatic heterocycles. The summed E-state index contributed by atoms with van der Waals surface area (Å²) in [6.07, 6.45) is 10.1. The van der Waals surface area contributed by atoms with Crippen LogP contribution in [0, 0.1) is 0 Å². The van der Waals surface area contributed by atoms with E-state index < -0.39 is 0 Å². The molecule has 5 rings (SSSR count). The Labute approximate surface area is 166 Å². The minimum absolute atomic E-state index is 0.185. The maximum absolute atomic E-state index is 6.43. The molecule has 0 bridgehead atoms. The van der Waals surface area contributed by atoms with Crippen molar-refractivity contribution in [2.24, 2.45) is 7.05 Å². The van der Waals surface area contributed by atoms with Crippen LogP contribution in [0.2, 0.25) is 0 Å². The number of para-hydroxylation sites is 1. The summed E-state index contributed by atoms with van der Waals surface area (Å²) in [5, 5.41) is 9.16. The molecule has 4 heterocycles. The van der Waals surface area contributed by atoms with Gasteiger partial charge in [0.05, 0.1) is 6.04 Å². The molecule has 148 valence electrons. The number of piperidine rings is 2. The van der Waals surface area contributed by atoms with Crippen LogP contribution in [0.15, 0.2) is 30.3 Å². The predicted molar refractivity (Wildman–Crippen MR) is 111 cm³/mol. The van der Waals surface area contributed by atoms with Gasteiger partial charge in [-0.2, -0.15) is 0 Å². The summed E-state index contributed by atoms with van der Waals surface area (Å²) in [5.74, 6) is 3.09. The first kappa shape index (κ1) is 17.7. The second-order valence-electron chi connectivity index (χ2n) is 8.43. The van der Waals surface area contributed by atoms with Crippen molar-refractivity contribution < 1.29 is 4.74 Å². The third-order valence-electron chi connectivity index (χ3n) is 6.65. The second-order valence-corrected chi connectivity index (χ2v) is 8.43. The lowest BCUT2D eigenvalue weighted by Crippen LogP contribution is -2.48. The Hall–Kier alpha value is -2.34. The Balaban J connectivity index is 1.30. The summed E-state index contributed by atoms with van der Waals surface area (Å²) in [4.78, 5) is 4.78. The minimum Gasteiger partial charge on any atom is -0.482 e. The molecule has 1 aromatic carbocycles. The van der Waals surface area contributed by atoms with Gasteiger partial charge in [0, 0.05) is 38.5 Å². The number of benzene rings is 1. The maximum atomic E-state index is 6.43. The molecule has 2 aromatic rings. The summed E-state index contributed by atoms with van der Waals surface area (Å²) in [6, 6.07) is 8.67. The molecular formula is C22H29N5O. The van der Waals surface area contributed by atoms with Crippen molar-refractivity contribution in [3.63, 3.8) is 0 Å². The van der Waals surface area contributed by atoms with Gasteiger partial charge in [-0.05, 0) is 38.6 Å². The van der Waals surface area contributed by atoms with Gasteiger partial charge < -0.3 is 9.64 Å². The lowest BCUT2D eigenvalue weighted by atomic mass is 9.88. The van der Waals surface area contributed by atoms with E-state index in [0.29, 0.717) is 6.04 Å². The van der Waals surface area contributed by atoms with E-state index in [2.05, 4.69) is 69.0 Å². The topological polar surface area (TPSA) is 46.4 Å². The molecule has 0 saturated carbocycles. The van der Waals surface area contributed by atoms with Crippen molar-refractivity contribution in [2.75, 3.05) is 31.6 Å². The predicted octanol–water partition coefficient (Wildman–Crippen LogP) is 3.42. The van der Waals surface area contributed by atoms with Crippen molar-refractivity contribution in [3.8, 4) is 5.75 Å². The zero-order chi connectivity index (χ0) is 19.1. The number of anilines is 1.